The number of nitrogens with one attached hydrogen (secondary N) is 1. The minimum atomic E-state index is 0.276. The highest BCUT2D eigenvalue weighted by Gasteiger charge is 2.40. The maximum Gasteiger partial charge on any atom is 0.223 e. The Bertz CT molecular complexity index is 354. The molecular weight excluding hydrogens is 242 g/mol. The van der Waals surface area contributed by atoms with Crippen molar-refractivity contribution in [1.29, 1.82) is 0 Å². The molecule has 2 fully saturated rings. The average Bonchev–Trinajstić information content (AvgIpc) is 3.05. The van der Waals surface area contributed by atoms with Gasteiger partial charge < -0.3 is 5.32 Å². The molecule has 0 heterocycles. The first kappa shape index (κ1) is 12.6. The van der Waals surface area contributed by atoms with Gasteiger partial charge in [0, 0.05) is 17.2 Å². The van der Waals surface area contributed by atoms with Crippen molar-refractivity contribution in [2.45, 2.75) is 50.3 Å². The first-order valence-corrected chi connectivity index (χ1v) is 8.41. The van der Waals surface area contributed by atoms with Crippen LogP contribution < -0.4 is 5.32 Å². The quantitative estimate of drug-likeness (QED) is 0.792. The third-order valence-corrected chi connectivity index (χ3v) is 5.98. The lowest BCUT2D eigenvalue weighted by Crippen LogP contribution is -2.39. The first-order valence-electron chi connectivity index (χ1n) is 7.36. The van der Waals surface area contributed by atoms with Crippen molar-refractivity contribution in [2.75, 3.05) is 5.75 Å². The minimum absolute atomic E-state index is 0.276. The van der Waals surface area contributed by atoms with Gasteiger partial charge in [0.05, 0.1) is 0 Å². The molecule has 0 aromatic rings. The number of allylic oxidation sites excluding steroid dienone is 2. The van der Waals surface area contributed by atoms with E-state index in [2.05, 4.69) is 36.2 Å². The van der Waals surface area contributed by atoms with Crippen LogP contribution in [0.5, 0.6) is 0 Å². The van der Waals surface area contributed by atoms with Crippen LogP contribution in [0.2, 0.25) is 0 Å². The Morgan fingerprint density at radius 2 is 2.17 bits per heavy atom. The number of fused-ring (bicyclic) bond motifs is 2. The second-order valence-electron chi connectivity index (χ2n) is 5.98. The van der Waals surface area contributed by atoms with Crippen LogP contribution in [-0.2, 0) is 4.79 Å². The minimum Gasteiger partial charge on any atom is -0.353 e. The van der Waals surface area contributed by atoms with Crippen molar-refractivity contribution in [2.24, 2.45) is 17.8 Å². The van der Waals surface area contributed by atoms with Crippen LogP contribution in [0.3, 0.4) is 0 Å². The van der Waals surface area contributed by atoms with E-state index in [0.29, 0.717) is 23.8 Å². The molecule has 5 atom stereocenters. The van der Waals surface area contributed by atoms with E-state index >= 15 is 0 Å². The van der Waals surface area contributed by atoms with E-state index in [1.54, 1.807) is 0 Å². The highest BCUT2D eigenvalue weighted by molar-refractivity contribution is 7.99. The van der Waals surface area contributed by atoms with Gasteiger partial charge in [-0.1, -0.05) is 19.1 Å². The van der Waals surface area contributed by atoms with Crippen LogP contribution >= 0.6 is 11.8 Å². The summed E-state index contributed by atoms with van der Waals surface area (Å²) in [4.78, 5) is 12.3. The maximum absolute atomic E-state index is 12.3. The predicted octanol–water partition coefficient (Wildman–Crippen LogP) is 2.99. The van der Waals surface area contributed by atoms with E-state index in [0.717, 1.165) is 11.7 Å². The molecule has 2 bridgehead atoms. The number of amides is 1. The summed E-state index contributed by atoms with van der Waals surface area (Å²) in [6, 6.07) is 0.449. The third-order valence-electron chi connectivity index (χ3n) is 4.75. The number of hydrogen-bond acceptors (Lipinski definition) is 2. The van der Waals surface area contributed by atoms with Crippen LogP contribution in [0.25, 0.3) is 0 Å². The van der Waals surface area contributed by atoms with Crippen molar-refractivity contribution >= 4 is 17.7 Å². The Morgan fingerprint density at radius 1 is 1.28 bits per heavy atom. The maximum atomic E-state index is 12.3. The molecule has 2 saturated carbocycles. The molecule has 3 rings (SSSR count). The van der Waals surface area contributed by atoms with Gasteiger partial charge in [0.1, 0.15) is 0 Å². The normalized spacial score (nSPS) is 41.5. The number of hydrogen-bond donors (Lipinski definition) is 1. The molecule has 2 nitrogen and oxygen atoms in total. The van der Waals surface area contributed by atoms with E-state index < -0.39 is 0 Å². The van der Waals surface area contributed by atoms with E-state index in [-0.39, 0.29) is 5.92 Å². The topological polar surface area (TPSA) is 29.1 Å². The van der Waals surface area contributed by atoms with Crippen molar-refractivity contribution in [3.05, 3.63) is 12.2 Å². The van der Waals surface area contributed by atoms with Gasteiger partial charge in [-0.25, -0.2) is 0 Å². The summed E-state index contributed by atoms with van der Waals surface area (Å²) in [5.74, 6) is 3.04. The van der Waals surface area contributed by atoms with Crippen LogP contribution in [-0.4, -0.2) is 23.0 Å². The molecule has 0 aliphatic heterocycles. The standard InChI is InChI=1S/C15H23NOS/c1-2-18-13-6-5-12(9-13)16-15(17)14-8-10-3-4-11(14)7-10/h3-4,10-14H,2,5-9H2,1H3,(H,16,17). The summed E-state index contributed by atoms with van der Waals surface area (Å²) in [6.45, 7) is 2.22. The average molecular weight is 265 g/mol. The Balaban J connectivity index is 1.49. The number of rotatable bonds is 4. The van der Waals surface area contributed by atoms with E-state index in [1.807, 2.05) is 0 Å². The molecule has 0 aromatic carbocycles. The summed E-state index contributed by atoms with van der Waals surface area (Å²) in [7, 11) is 0. The van der Waals surface area contributed by atoms with Crippen LogP contribution in [0.4, 0.5) is 0 Å². The van der Waals surface area contributed by atoms with Gasteiger partial charge in [0.15, 0.2) is 0 Å². The summed E-state index contributed by atoms with van der Waals surface area (Å²) in [6.07, 6.45) is 10.5. The zero-order valence-electron chi connectivity index (χ0n) is 11.1. The fourth-order valence-electron chi connectivity index (χ4n) is 3.85. The van der Waals surface area contributed by atoms with Gasteiger partial charge in [-0.3, -0.25) is 4.79 Å². The highest BCUT2D eigenvalue weighted by atomic mass is 32.2. The Hall–Kier alpha value is -0.440. The molecule has 5 unspecified atom stereocenters. The van der Waals surface area contributed by atoms with Crippen LogP contribution in [0.15, 0.2) is 12.2 Å². The SMILES string of the molecule is CCSC1CCC(NC(=O)C2CC3C=CC2C3)C1. The van der Waals surface area contributed by atoms with Crippen molar-refractivity contribution in [1.82, 2.24) is 5.32 Å². The zero-order valence-corrected chi connectivity index (χ0v) is 11.9. The number of thioether (sulfide) groups is 1. The second-order valence-corrected chi connectivity index (χ2v) is 7.56. The lowest BCUT2D eigenvalue weighted by atomic mass is 9.92. The molecule has 100 valence electrons. The summed E-state index contributed by atoms with van der Waals surface area (Å²) in [5.41, 5.74) is 0. The molecular formula is C15H23NOS. The van der Waals surface area contributed by atoms with E-state index in [1.165, 1.54) is 31.4 Å². The lowest BCUT2D eigenvalue weighted by molar-refractivity contribution is -0.126. The fourth-order valence-corrected chi connectivity index (χ4v) is 4.99. The lowest BCUT2D eigenvalue weighted by Gasteiger charge is -2.20. The summed E-state index contributed by atoms with van der Waals surface area (Å²) < 4.78 is 0. The zero-order chi connectivity index (χ0) is 12.5. The largest absolute Gasteiger partial charge is 0.353 e. The van der Waals surface area contributed by atoms with Crippen LogP contribution in [0.1, 0.15) is 39.0 Å². The molecule has 0 saturated heterocycles. The Morgan fingerprint density at radius 3 is 2.83 bits per heavy atom. The second kappa shape index (κ2) is 5.28. The highest BCUT2D eigenvalue weighted by Crippen LogP contribution is 2.43. The monoisotopic (exact) mass is 265 g/mol. The molecule has 3 aliphatic rings. The fraction of sp³-hybridized carbons (Fsp3) is 0.800. The molecule has 3 aliphatic carbocycles. The molecule has 0 spiro atoms. The third kappa shape index (κ3) is 2.47. The smallest absolute Gasteiger partial charge is 0.223 e. The number of carbonyl (C=O) groups is 1. The van der Waals surface area contributed by atoms with Crippen LogP contribution in [0, 0.1) is 17.8 Å². The molecule has 1 N–H and O–H groups in total. The van der Waals surface area contributed by atoms with Gasteiger partial charge in [-0.05, 0) is 49.7 Å². The molecule has 18 heavy (non-hydrogen) atoms. The number of carbonyl (C=O) groups excluding carboxylic acids is 1. The molecule has 3 heteroatoms. The molecule has 0 aromatic heterocycles. The Labute approximate surface area is 114 Å². The molecule has 0 radical (unpaired) electrons. The van der Waals surface area contributed by atoms with Gasteiger partial charge >= 0.3 is 0 Å². The van der Waals surface area contributed by atoms with Crippen molar-refractivity contribution in [3.63, 3.8) is 0 Å². The van der Waals surface area contributed by atoms with Gasteiger partial charge in [0.2, 0.25) is 5.91 Å². The Kier molecular flexibility index (Phi) is 3.69. The summed E-state index contributed by atoms with van der Waals surface area (Å²) >= 11 is 2.05. The van der Waals surface area contributed by atoms with Gasteiger partial charge in [-0.2, -0.15) is 11.8 Å². The molecule has 1 amide bonds. The van der Waals surface area contributed by atoms with Crippen molar-refractivity contribution < 1.29 is 4.79 Å². The van der Waals surface area contributed by atoms with E-state index in [9.17, 15) is 4.79 Å². The van der Waals surface area contributed by atoms with Crippen molar-refractivity contribution in [3.8, 4) is 0 Å². The van der Waals surface area contributed by atoms with E-state index in [4.69, 9.17) is 0 Å². The van der Waals surface area contributed by atoms with Gasteiger partial charge in [0.25, 0.3) is 0 Å². The van der Waals surface area contributed by atoms with Gasteiger partial charge in [-0.15, -0.1) is 0 Å². The summed E-state index contributed by atoms with van der Waals surface area (Å²) in [5, 5.41) is 4.09. The first-order chi connectivity index (χ1) is 8.76. The predicted molar refractivity (Wildman–Crippen MR) is 76.5 cm³/mol.